The molecule has 6 heteroatoms. The molecule has 0 aromatic heterocycles. The lowest BCUT2D eigenvalue weighted by atomic mass is 10.2. The van der Waals surface area contributed by atoms with Gasteiger partial charge in [0, 0.05) is 13.6 Å². The molecular formula is C13H7Cl3INO. The molecule has 0 radical (unpaired) electrons. The molecule has 0 atom stereocenters. The van der Waals surface area contributed by atoms with Gasteiger partial charge >= 0.3 is 0 Å². The van der Waals surface area contributed by atoms with Gasteiger partial charge in [-0.1, -0.05) is 34.8 Å². The minimum Gasteiger partial charge on any atom is -0.321 e. The number of rotatable bonds is 2. The van der Waals surface area contributed by atoms with Gasteiger partial charge in [0.15, 0.2) is 0 Å². The van der Waals surface area contributed by atoms with Crippen molar-refractivity contribution in [1.82, 2.24) is 0 Å². The Kier molecular flexibility index (Phi) is 4.95. The maximum Gasteiger partial charge on any atom is 0.257 e. The highest BCUT2D eigenvalue weighted by Gasteiger charge is 2.12. The monoisotopic (exact) mass is 425 g/mol. The lowest BCUT2D eigenvalue weighted by Gasteiger charge is -2.09. The largest absolute Gasteiger partial charge is 0.321 e. The molecule has 0 bridgehead atoms. The molecule has 0 spiro atoms. The zero-order chi connectivity index (χ0) is 14.0. The number of carbonyl (C=O) groups is 1. The van der Waals surface area contributed by atoms with E-state index in [-0.39, 0.29) is 5.91 Å². The Morgan fingerprint density at radius 1 is 1.00 bits per heavy atom. The van der Waals surface area contributed by atoms with Crippen LogP contribution in [-0.4, -0.2) is 5.91 Å². The van der Waals surface area contributed by atoms with E-state index in [2.05, 4.69) is 27.9 Å². The van der Waals surface area contributed by atoms with E-state index in [0.29, 0.717) is 26.3 Å². The summed E-state index contributed by atoms with van der Waals surface area (Å²) in [7, 11) is 0. The minimum atomic E-state index is -0.312. The van der Waals surface area contributed by atoms with Gasteiger partial charge in [-0.25, -0.2) is 0 Å². The van der Waals surface area contributed by atoms with E-state index >= 15 is 0 Å². The number of hydrogen-bond donors (Lipinski definition) is 1. The second-order valence-corrected chi connectivity index (χ2v) is 6.14. The van der Waals surface area contributed by atoms with Crippen molar-refractivity contribution in [3.8, 4) is 0 Å². The third-order valence-corrected chi connectivity index (χ3v) is 4.04. The minimum absolute atomic E-state index is 0.312. The van der Waals surface area contributed by atoms with Crippen molar-refractivity contribution in [2.45, 2.75) is 0 Å². The maximum absolute atomic E-state index is 12.1. The molecule has 1 N–H and O–H groups in total. The van der Waals surface area contributed by atoms with E-state index in [9.17, 15) is 4.79 Å². The SMILES string of the molecule is O=C(Nc1ccc(Cl)cc1I)c1cc(Cl)ccc1Cl. The van der Waals surface area contributed by atoms with Gasteiger partial charge in [-0.05, 0) is 59.0 Å². The first-order valence-electron chi connectivity index (χ1n) is 5.19. The molecule has 0 fully saturated rings. The first-order valence-corrected chi connectivity index (χ1v) is 7.40. The number of carbonyl (C=O) groups excluding carboxylic acids is 1. The summed E-state index contributed by atoms with van der Waals surface area (Å²) in [5.41, 5.74) is 1.01. The normalized spacial score (nSPS) is 10.3. The van der Waals surface area contributed by atoms with Crippen LogP contribution in [-0.2, 0) is 0 Å². The number of amides is 1. The summed E-state index contributed by atoms with van der Waals surface area (Å²) in [6.07, 6.45) is 0. The fraction of sp³-hybridized carbons (Fsp3) is 0. The molecule has 0 aliphatic heterocycles. The van der Waals surface area contributed by atoms with Crippen LogP contribution >= 0.6 is 57.4 Å². The molecule has 0 heterocycles. The van der Waals surface area contributed by atoms with Gasteiger partial charge in [0.05, 0.1) is 16.3 Å². The maximum atomic E-state index is 12.1. The number of anilines is 1. The average Bonchev–Trinajstić information content (AvgIpc) is 2.35. The van der Waals surface area contributed by atoms with Gasteiger partial charge in [0.25, 0.3) is 5.91 Å². The summed E-state index contributed by atoms with van der Waals surface area (Å²) in [6, 6.07) is 9.96. The predicted octanol–water partition coefficient (Wildman–Crippen LogP) is 5.50. The Hall–Kier alpha value is -0.490. The van der Waals surface area contributed by atoms with Crippen LogP contribution in [0.5, 0.6) is 0 Å². The summed E-state index contributed by atoms with van der Waals surface area (Å²) in [6.45, 7) is 0. The Morgan fingerprint density at radius 3 is 2.32 bits per heavy atom. The van der Waals surface area contributed by atoms with Crippen molar-refractivity contribution in [2.24, 2.45) is 0 Å². The summed E-state index contributed by atoms with van der Waals surface area (Å²) in [4.78, 5) is 12.1. The van der Waals surface area contributed by atoms with Gasteiger partial charge in [0.1, 0.15) is 0 Å². The lowest BCUT2D eigenvalue weighted by Crippen LogP contribution is -2.13. The first-order chi connectivity index (χ1) is 8.97. The quantitative estimate of drug-likeness (QED) is 0.631. The topological polar surface area (TPSA) is 29.1 Å². The zero-order valence-electron chi connectivity index (χ0n) is 9.38. The second-order valence-electron chi connectivity index (χ2n) is 3.70. The van der Waals surface area contributed by atoms with Crippen molar-refractivity contribution >= 4 is 69.0 Å². The number of benzene rings is 2. The number of nitrogens with one attached hydrogen (secondary N) is 1. The van der Waals surface area contributed by atoms with E-state index in [1.54, 1.807) is 30.3 Å². The van der Waals surface area contributed by atoms with E-state index in [1.165, 1.54) is 6.07 Å². The molecule has 19 heavy (non-hydrogen) atoms. The van der Waals surface area contributed by atoms with Crippen LogP contribution in [0.3, 0.4) is 0 Å². The van der Waals surface area contributed by atoms with Crippen LogP contribution in [0.1, 0.15) is 10.4 Å². The highest BCUT2D eigenvalue weighted by atomic mass is 127. The van der Waals surface area contributed by atoms with Gasteiger partial charge in [-0.3, -0.25) is 4.79 Å². The first kappa shape index (κ1) is 14.9. The Labute approximate surface area is 139 Å². The van der Waals surface area contributed by atoms with Crippen molar-refractivity contribution in [1.29, 1.82) is 0 Å². The summed E-state index contributed by atoms with van der Waals surface area (Å²) in [5.74, 6) is -0.312. The standard InChI is InChI=1S/C13H7Cl3INO/c14-7-1-3-10(16)9(5-7)13(19)18-12-4-2-8(15)6-11(12)17/h1-6H,(H,18,19). The van der Waals surface area contributed by atoms with E-state index in [0.717, 1.165) is 3.57 Å². The smallest absolute Gasteiger partial charge is 0.257 e. The zero-order valence-corrected chi connectivity index (χ0v) is 13.8. The number of halogens is 4. The molecule has 2 nitrogen and oxygen atoms in total. The highest BCUT2D eigenvalue weighted by Crippen LogP contribution is 2.25. The molecule has 0 aliphatic rings. The fourth-order valence-electron chi connectivity index (χ4n) is 1.45. The van der Waals surface area contributed by atoms with Crippen LogP contribution in [0.25, 0.3) is 0 Å². The molecule has 98 valence electrons. The number of hydrogen-bond acceptors (Lipinski definition) is 1. The molecule has 1 amide bonds. The van der Waals surface area contributed by atoms with Crippen molar-refractivity contribution in [3.63, 3.8) is 0 Å². The predicted molar refractivity (Wildman–Crippen MR) is 88.6 cm³/mol. The average molecular weight is 426 g/mol. The summed E-state index contributed by atoms with van der Waals surface area (Å²) in [5, 5.41) is 4.20. The van der Waals surface area contributed by atoms with Crippen LogP contribution in [0.2, 0.25) is 15.1 Å². The molecule has 2 rings (SSSR count). The van der Waals surface area contributed by atoms with E-state index in [4.69, 9.17) is 34.8 Å². The van der Waals surface area contributed by atoms with E-state index < -0.39 is 0 Å². The van der Waals surface area contributed by atoms with Crippen LogP contribution < -0.4 is 5.32 Å². The van der Waals surface area contributed by atoms with Crippen LogP contribution in [0.4, 0.5) is 5.69 Å². The molecule has 0 unspecified atom stereocenters. The van der Waals surface area contributed by atoms with Crippen LogP contribution in [0.15, 0.2) is 36.4 Å². The Bertz CT molecular complexity index is 646. The van der Waals surface area contributed by atoms with E-state index in [1.807, 2.05) is 0 Å². The summed E-state index contributed by atoms with van der Waals surface area (Å²) >= 11 is 19.8. The third kappa shape index (κ3) is 3.75. The fourth-order valence-corrected chi connectivity index (χ4v) is 2.83. The van der Waals surface area contributed by atoms with Crippen LogP contribution in [0, 0.1) is 3.57 Å². The lowest BCUT2D eigenvalue weighted by molar-refractivity contribution is 0.102. The molecule has 0 aliphatic carbocycles. The molecule has 2 aromatic rings. The second kappa shape index (κ2) is 6.31. The van der Waals surface area contributed by atoms with Crippen molar-refractivity contribution in [2.75, 3.05) is 5.32 Å². The van der Waals surface area contributed by atoms with Crippen molar-refractivity contribution < 1.29 is 4.79 Å². The molecule has 2 aromatic carbocycles. The van der Waals surface area contributed by atoms with Gasteiger partial charge in [-0.2, -0.15) is 0 Å². The molecule has 0 saturated heterocycles. The Balaban J connectivity index is 2.28. The van der Waals surface area contributed by atoms with Gasteiger partial charge in [-0.15, -0.1) is 0 Å². The van der Waals surface area contributed by atoms with Gasteiger partial charge < -0.3 is 5.32 Å². The molecular weight excluding hydrogens is 419 g/mol. The highest BCUT2D eigenvalue weighted by molar-refractivity contribution is 14.1. The van der Waals surface area contributed by atoms with Gasteiger partial charge in [0.2, 0.25) is 0 Å². The Morgan fingerprint density at radius 2 is 1.63 bits per heavy atom. The summed E-state index contributed by atoms with van der Waals surface area (Å²) < 4.78 is 0.844. The van der Waals surface area contributed by atoms with Crippen molar-refractivity contribution in [3.05, 3.63) is 60.6 Å². The molecule has 0 saturated carbocycles. The third-order valence-electron chi connectivity index (χ3n) is 2.35.